The monoisotopic (exact) mass is 319 g/mol. The van der Waals surface area contributed by atoms with Gasteiger partial charge in [0.15, 0.2) is 0 Å². The summed E-state index contributed by atoms with van der Waals surface area (Å²) in [5, 5.41) is 0. The topological polar surface area (TPSA) is 53.1 Å². The quantitative estimate of drug-likeness (QED) is 0.856. The molecule has 0 radical (unpaired) electrons. The molecular formula is C17H25N3O3. The number of amides is 2. The van der Waals surface area contributed by atoms with Crippen LogP contribution in [0.4, 0.5) is 10.5 Å². The van der Waals surface area contributed by atoms with Crippen LogP contribution in [0.15, 0.2) is 24.3 Å². The standard InChI is InChI=1S/C17H25N3O3/c1-4-23-17(22)20-10-6-9-19(11-12-20)16(21)14-7-5-8-15(13-14)18(2)3/h5,7-8,13H,4,6,9-12H2,1-3H3. The zero-order valence-electron chi connectivity index (χ0n) is 14.1. The van der Waals surface area contributed by atoms with Crippen molar-refractivity contribution in [3.8, 4) is 0 Å². The number of anilines is 1. The molecule has 126 valence electrons. The van der Waals surface area contributed by atoms with E-state index in [4.69, 9.17) is 4.74 Å². The summed E-state index contributed by atoms with van der Waals surface area (Å²) < 4.78 is 5.04. The third-order valence-corrected chi connectivity index (χ3v) is 3.92. The van der Waals surface area contributed by atoms with Gasteiger partial charge in [0, 0.05) is 51.5 Å². The van der Waals surface area contributed by atoms with E-state index >= 15 is 0 Å². The molecule has 1 aliphatic heterocycles. The van der Waals surface area contributed by atoms with Crippen molar-refractivity contribution < 1.29 is 14.3 Å². The summed E-state index contributed by atoms with van der Waals surface area (Å²) in [6, 6.07) is 7.60. The Morgan fingerprint density at radius 1 is 1.13 bits per heavy atom. The van der Waals surface area contributed by atoms with Crippen LogP contribution in [0.1, 0.15) is 23.7 Å². The molecule has 6 heteroatoms. The molecule has 0 bridgehead atoms. The molecule has 0 spiro atoms. The smallest absolute Gasteiger partial charge is 0.409 e. The Bertz CT molecular complexity index is 560. The average Bonchev–Trinajstić information content (AvgIpc) is 2.80. The van der Waals surface area contributed by atoms with Crippen LogP contribution >= 0.6 is 0 Å². The van der Waals surface area contributed by atoms with Gasteiger partial charge in [-0.3, -0.25) is 4.79 Å². The van der Waals surface area contributed by atoms with Crippen molar-refractivity contribution in [1.82, 2.24) is 9.80 Å². The van der Waals surface area contributed by atoms with E-state index in [0.717, 1.165) is 12.1 Å². The van der Waals surface area contributed by atoms with Crippen molar-refractivity contribution in [1.29, 1.82) is 0 Å². The van der Waals surface area contributed by atoms with E-state index in [1.54, 1.807) is 11.8 Å². The number of nitrogens with zero attached hydrogens (tertiary/aromatic N) is 3. The molecule has 0 saturated carbocycles. The molecule has 6 nitrogen and oxygen atoms in total. The molecule has 23 heavy (non-hydrogen) atoms. The molecule has 1 aliphatic rings. The third-order valence-electron chi connectivity index (χ3n) is 3.92. The fourth-order valence-corrected chi connectivity index (χ4v) is 2.62. The summed E-state index contributed by atoms with van der Waals surface area (Å²) in [5.41, 5.74) is 1.68. The zero-order chi connectivity index (χ0) is 16.8. The Morgan fingerprint density at radius 3 is 2.52 bits per heavy atom. The summed E-state index contributed by atoms with van der Waals surface area (Å²) in [6.45, 7) is 4.49. The van der Waals surface area contributed by atoms with Crippen LogP contribution in [0.3, 0.4) is 0 Å². The Labute approximate surface area is 137 Å². The summed E-state index contributed by atoms with van der Waals surface area (Å²) >= 11 is 0. The predicted octanol–water partition coefficient (Wildman–Crippen LogP) is 2.06. The number of hydrogen-bond donors (Lipinski definition) is 0. The van der Waals surface area contributed by atoms with E-state index in [9.17, 15) is 9.59 Å². The largest absolute Gasteiger partial charge is 0.450 e. The molecule has 0 aliphatic carbocycles. The maximum atomic E-state index is 12.7. The predicted molar refractivity (Wildman–Crippen MR) is 89.9 cm³/mol. The number of benzene rings is 1. The number of carbonyl (C=O) groups excluding carboxylic acids is 2. The lowest BCUT2D eigenvalue weighted by Gasteiger charge is -2.22. The van der Waals surface area contributed by atoms with Crippen LogP contribution in [-0.4, -0.2) is 68.7 Å². The highest BCUT2D eigenvalue weighted by atomic mass is 16.6. The van der Waals surface area contributed by atoms with Gasteiger partial charge in [0.1, 0.15) is 0 Å². The number of carbonyl (C=O) groups is 2. The second kappa shape index (κ2) is 7.85. The van der Waals surface area contributed by atoms with Crippen molar-refractivity contribution >= 4 is 17.7 Å². The molecule has 1 heterocycles. The van der Waals surface area contributed by atoms with Crippen LogP contribution < -0.4 is 4.90 Å². The first kappa shape index (κ1) is 17.1. The lowest BCUT2D eigenvalue weighted by molar-refractivity contribution is 0.0753. The zero-order valence-corrected chi connectivity index (χ0v) is 14.1. The van der Waals surface area contributed by atoms with Gasteiger partial charge < -0.3 is 19.4 Å². The summed E-state index contributed by atoms with van der Waals surface area (Å²) in [7, 11) is 3.90. The van der Waals surface area contributed by atoms with Crippen molar-refractivity contribution in [3.63, 3.8) is 0 Å². The molecular weight excluding hydrogens is 294 g/mol. The van der Waals surface area contributed by atoms with Crippen LogP contribution in [0.25, 0.3) is 0 Å². The highest BCUT2D eigenvalue weighted by Crippen LogP contribution is 2.16. The van der Waals surface area contributed by atoms with E-state index in [1.807, 2.05) is 48.2 Å². The molecule has 2 amide bonds. The Morgan fingerprint density at radius 2 is 1.83 bits per heavy atom. The minimum absolute atomic E-state index is 0.0133. The van der Waals surface area contributed by atoms with Crippen molar-refractivity contribution in [3.05, 3.63) is 29.8 Å². The first-order chi connectivity index (χ1) is 11.0. The number of ether oxygens (including phenoxy) is 1. The fraction of sp³-hybridized carbons (Fsp3) is 0.529. The van der Waals surface area contributed by atoms with Crippen LogP contribution in [0.2, 0.25) is 0 Å². The van der Waals surface area contributed by atoms with Crippen LogP contribution in [0, 0.1) is 0 Å². The Hall–Kier alpha value is -2.24. The highest BCUT2D eigenvalue weighted by Gasteiger charge is 2.23. The molecule has 1 saturated heterocycles. The fourth-order valence-electron chi connectivity index (χ4n) is 2.62. The van der Waals surface area contributed by atoms with E-state index in [-0.39, 0.29) is 12.0 Å². The molecule has 0 aromatic heterocycles. The molecule has 1 fully saturated rings. The lowest BCUT2D eigenvalue weighted by atomic mass is 10.1. The summed E-state index contributed by atoms with van der Waals surface area (Å²) in [5.74, 6) is 0.0133. The van der Waals surface area contributed by atoms with Crippen LogP contribution in [0.5, 0.6) is 0 Å². The first-order valence-corrected chi connectivity index (χ1v) is 8.01. The highest BCUT2D eigenvalue weighted by molar-refractivity contribution is 5.95. The maximum absolute atomic E-state index is 12.7. The number of hydrogen-bond acceptors (Lipinski definition) is 4. The molecule has 0 unspecified atom stereocenters. The van der Waals surface area contributed by atoms with Gasteiger partial charge in [0.05, 0.1) is 6.61 Å². The lowest BCUT2D eigenvalue weighted by Crippen LogP contribution is -2.37. The van der Waals surface area contributed by atoms with Crippen molar-refractivity contribution in [2.24, 2.45) is 0 Å². The molecule has 0 N–H and O–H groups in total. The SMILES string of the molecule is CCOC(=O)N1CCCN(C(=O)c2cccc(N(C)C)c2)CC1. The maximum Gasteiger partial charge on any atom is 0.409 e. The van der Waals surface area contributed by atoms with Gasteiger partial charge in [-0.05, 0) is 31.5 Å². The molecule has 0 atom stereocenters. The van der Waals surface area contributed by atoms with E-state index in [2.05, 4.69) is 0 Å². The third kappa shape index (κ3) is 4.37. The van der Waals surface area contributed by atoms with Gasteiger partial charge in [-0.25, -0.2) is 4.79 Å². The van der Waals surface area contributed by atoms with Gasteiger partial charge in [0.2, 0.25) is 0 Å². The minimum Gasteiger partial charge on any atom is -0.450 e. The number of rotatable bonds is 3. The second-order valence-electron chi connectivity index (χ2n) is 5.78. The normalized spacial score (nSPS) is 15.1. The minimum atomic E-state index is -0.295. The molecule has 2 rings (SSSR count). The van der Waals surface area contributed by atoms with Gasteiger partial charge in [0.25, 0.3) is 5.91 Å². The van der Waals surface area contributed by atoms with Gasteiger partial charge >= 0.3 is 6.09 Å². The summed E-state index contributed by atoms with van der Waals surface area (Å²) in [6.07, 6.45) is 0.467. The van der Waals surface area contributed by atoms with Crippen molar-refractivity contribution in [2.45, 2.75) is 13.3 Å². The van der Waals surface area contributed by atoms with Gasteiger partial charge in [-0.15, -0.1) is 0 Å². The van der Waals surface area contributed by atoms with E-state index < -0.39 is 0 Å². The van der Waals surface area contributed by atoms with Crippen molar-refractivity contribution in [2.75, 3.05) is 51.8 Å². The Kier molecular flexibility index (Phi) is 5.84. The molecule has 1 aromatic carbocycles. The first-order valence-electron chi connectivity index (χ1n) is 8.01. The summed E-state index contributed by atoms with van der Waals surface area (Å²) in [4.78, 5) is 30.0. The van der Waals surface area contributed by atoms with E-state index in [1.165, 1.54) is 0 Å². The van der Waals surface area contributed by atoms with Crippen LogP contribution in [-0.2, 0) is 4.74 Å². The van der Waals surface area contributed by atoms with Gasteiger partial charge in [-0.1, -0.05) is 6.07 Å². The molecule has 1 aromatic rings. The van der Waals surface area contributed by atoms with Gasteiger partial charge in [-0.2, -0.15) is 0 Å². The van der Waals surface area contributed by atoms with E-state index in [0.29, 0.717) is 38.3 Å². The second-order valence-corrected chi connectivity index (χ2v) is 5.78. The average molecular weight is 319 g/mol. The Balaban J connectivity index is 2.03.